The summed E-state index contributed by atoms with van der Waals surface area (Å²) in [6.45, 7) is 1.70. The van der Waals surface area contributed by atoms with E-state index in [1.807, 2.05) is 0 Å². The summed E-state index contributed by atoms with van der Waals surface area (Å²) in [5.41, 5.74) is 4.57. The average Bonchev–Trinajstić information content (AvgIpc) is 1.65. The van der Waals surface area contributed by atoms with Crippen molar-refractivity contribution >= 4 is 12.0 Å². The molecule has 0 radical (unpaired) electrons. The maximum Gasteiger partial charge on any atom is 0.411 e. The summed E-state index contributed by atoms with van der Waals surface area (Å²) in [7, 11) is 0. The van der Waals surface area contributed by atoms with Gasteiger partial charge in [-0.3, -0.25) is 5.41 Å². The largest absolute Gasteiger partial charge is 0.411 e. The molecule has 0 aromatic heterocycles. The van der Waals surface area contributed by atoms with E-state index in [1.54, 1.807) is 6.92 Å². The highest BCUT2D eigenvalue weighted by Crippen LogP contribution is 1.82. The molecule has 0 aliphatic heterocycles. The summed E-state index contributed by atoms with van der Waals surface area (Å²) < 4.78 is 4.12. The lowest BCUT2D eigenvalue weighted by Crippen LogP contribution is -2.16. The molecule has 0 aromatic carbocycles. The molecule has 0 saturated heterocycles. The van der Waals surface area contributed by atoms with E-state index < -0.39 is 6.09 Å². The Morgan fingerprint density at radius 2 is 2.38 bits per heavy atom. The predicted octanol–water partition coefficient (Wildman–Crippen LogP) is 0.469. The van der Waals surface area contributed by atoms with Gasteiger partial charge in [-0.25, -0.2) is 4.79 Å². The van der Waals surface area contributed by atoms with Gasteiger partial charge in [0.2, 0.25) is 0 Å². The molecule has 3 N–H and O–H groups in total. The number of carbonyl (C=O) groups is 1. The Kier molecular flexibility index (Phi) is 2.61. The van der Waals surface area contributed by atoms with Crippen LogP contribution >= 0.6 is 0 Å². The van der Waals surface area contributed by atoms with Crippen molar-refractivity contribution in [1.29, 1.82) is 5.41 Å². The van der Waals surface area contributed by atoms with E-state index in [-0.39, 0.29) is 5.90 Å². The van der Waals surface area contributed by atoms with E-state index >= 15 is 0 Å². The Balaban J connectivity index is 3.40. The molecule has 0 aromatic rings. The second-order valence-electron chi connectivity index (χ2n) is 1.20. The fourth-order valence-electron chi connectivity index (χ4n) is 0.194. The zero-order chi connectivity index (χ0) is 6.57. The van der Waals surface area contributed by atoms with Crippen LogP contribution in [0, 0.1) is 5.41 Å². The fourth-order valence-corrected chi connectivity index (χ4v) is 0.194. The normalized spacial score (nSPS) is 8.12. The van der Waals surface area contributed by atoms with Crippen LogP contribution in [0.25, 0.3) is 0 Å². The molecule has 4 nitrogen and oxygen atoms in total. The van der Waals surface area contributed by atoms with E-state index in [9.17, 15) is 4.79 Å². The van der Waals surface area contributed by atoms with Crippen molar-refractivity contribution in [3.63, 3.8) is 0 Å². The van der Waals surface area contributed by atoms with Crippen molar-refractivity contribution in [2.24, 2.45) is 5.73 Å². The molecule has 0 spiro atoms. The lowest BCUT2D eigenvalue weighted by molar-refractivity contribution is 0.206. The summed E-state index contributed by atoms with van der Waals surface area (Å²) in [6, 6.07) is 0. The Morgan fingerprint density at radius 3 is 2.50 bits per heavy atom. The molecular weight excluding hydrogens is 108 g/mol. The second kappa shape index (κ2) is 3.01. The third-order valence-corrected chi connectivity index (χ3v) is 0.545. The first-order valence-corrected chi connectivity index (χ1v) is 2.21. The van der Waals surface area contributed by atoms with Gasteiger partial charge in [0.15, 0.2) is 5.90 Å². The van der Waals surface area contributed by atoms with Crippen LogP contribution in [0.1, 0.15) is 13.3 Å². The van der Waals surface area contributed by atoms with E-state index in [4.69, 9.17) is 5.41 Å². The number of primary amides is 1. The molecule has 0 fully saturated rings. The maximum absolute atomic E-state index is 9.83. The molecule has 0 aliphatic carbocycles. The van der Waals surface area contributed by atoms with Crippen LogP contribution < -0.4 is 5.73 Å². The Bertz CT molecular complexity index is 111. The summed E-state index contributed by atoms with van der Waals surface area (Å²) in [4.78, 5) is 9.83. The zero-order valence-electron chi connectivity index (χ0n) is 4.60. The topological polar surface area (TPSA) is 76.2 Å². The van der Waals surface area contributed by atoms with Crippen molar-refractivity contribution in [3.8, 4) is 0 Å². The number of nitrogens with two attached hydrogens (primary N) is 1. The van der Waals surface area contributed by atoms with Gasteiger partial charge in [0.1, 0.15) is 0 Å². The van der Waals surface area contributed by atoms with Crippen molar-refractivity contribution in [3.05, 3.63) is 0 Å². The van der Waals surface area contributed by atoms with Crippen LogP contribution in [0.15, 0.2) is 0 Å². The van der Waals surface area contributed by atoms with Gasteiger partial charge < -0.3 is 10.5 Å². The van der Waals surface area contributed by atoms with E-state index in [0.29, 0.717) is 6.42 Å². The summed E-state index contributed by atoms with van der Waals surface area (Å²) >= 11 is 0. The molecule has 0 unspecified atom stereocenters. The number of carbonyl (C=O) groups excluding carboxylic acids is 1. The number of hydrogen-bond donors (Lipinski definition) is 2. The molecule has 0 atom stereocenters. The molecule has 46 valence electrons. The van der Waals surface area contributed by atoms with Crippen LogP contribution in [0.2, 0.25) is 0 Å². The van der Waals surface area contributed by atoms with Crippen molar-refractivity contribution < 1.29 is 9.53 Å². The van der Waals surface area contributed by atoms with Crippen LogP contribution in [0.5, 0.6) is 0 Å². The molecular formula is C4H8N2O2. The Labute approximate surface area is 47.1 Å². The second-order valence-corrected chi connectivity index (χ2v) is 1.20. The minimum atomic E-state index is -0.920. The van der Waals surface area contributed by atoms with Crippen LogP contribution in [0.3, 0.4) is 0 Å². The van der Waals surface area contributed by atoms with Gasteiger partial charge in [0.05, 0.1) is 0 Å². The number of amides is 1. The molecule has 4 heteroatoms. The Hall–Kier alpha value is -1.06. The average molecular weight is 116 g/mol. The first-order chi connectivity index (χ1) is 3.66. The molecule has 8 heavy (non-hydrogen) atoms. The van der Waals surface area contributed by atoms with Crippen molar-refractivity contribution in [2.45, 2.75) is 13.3 Å². The van der Waals surface area contributed by atoms with Gasteiger partial charge in [-0.05, 0) is 0 Å². The lowest BCUT2D eigenvalue weighted by Gasteiger charge is -1.95. The van der Waals surface area contributed by atoms with Gasteiger partial charge in [-0.15, -0.1) is 0 Å². The van der Waals surface area contributed by atoms with Crippen molar-refractivity contribution in [2.75, 3.05) is 0 Å². The zero-order valence-corrected chi connectivity index (χ0v) is 4.60. The summed E-state index contributed by atoms with van der Waals surface area (Å²) in [6.07, 6.45) is -0.528. The van der Waals surface area contributed by atoms with Gasteiger partial charge >= 0.3 is 6.09 Å². The van der Waals surface area contributed by atoms with E-state index in [1.165, 1.54) is 0 Å². The van der Waals surface area contributed by atoms with Gasteiger partial charge in [0, 0.05) is 6.42 Å². The van der Waals surface area contributed by atoms with Crippen LogP contribution in [-0.2, 0) is 4.74 Å². The smallest absolute Gasteiger partial charge is 0.396 e. The molecule has 0 saturated carbocycles. The highest BCUT2D eigenvalue weighted by molar-refractivity contribution is 5.84. The van der Waals surface area contributed by atoms with E-state index in [2.05, 4.69) is 10.5 Å². The Morgan fingerprint density at radius 1 is 1.88 bits per heavy atom. The number of rotatable bonds is 1. The minimum Gasteiger partial charge on any atom is -0.396 e. The highest BCUT2D eigenvalue weighted by atomic mass is 16.6. The summed E-state index contributed by atoms with van der Waals surface area (Å²) in [5, 5.41) is 6.74. The quantitative estimate of drug-likeness (QED) is 0.386. The third kappa shape index (κ3) is 3.14. The summed E-state index contributed by atoms with van der Waals surface area (Å²) in [5.74, 6) is -0.0995. The first-order valence-electron chi connectivity index (χ1n) is 2.21. The maximum atomic E-state index is 9.83. The molecule has 1 amide bonds. The molecule has 0 bridgehead atoms. The number of nitrogens with one attached hydrogen (secondary N) is 1. The minimum absolute atomic E-state index is 0.0995. The van der Waals surface area contributed by atoms with Crippen molar-refractivity contribution in [1.82, 2.24) is 0 Å². The first kappa shape index (κ1) is 6.94. The molecule has 0 aliphatic rings. The monoisotopic (exact) mass is 116 g/mol. The highest BCUT2D eigenvalue weighted by Gasteiger charge is 1.95. The van der Waals surface area contributed by atoms with Gasteiger partial charge in [-0.2, -0.15) is 0 Å². The van der Waals surface area contributed by atoms with Crippen LogP contribution in [0.4, 0.5) is 4.79 Å². The van der Waals surface area contributed by atoms with E-state index in [0.717, 1.165) is 0 Å². The SMILES string of the molecule is CCC(=N)OC(N)=O. The van der Waals surface area contributed by atoms with Gasteiger partial charge in [0.25, 0.3) is 0 Å². The standard InChI is InChI=1S/C4H8N2O2/c1-2-3(5)8-4(6)7/h5H,2H2,1H3,(H2,6,7). The fraction of sp³-hybridized carbons (Fsp3) is 0.500. The number of hydrogen-bond acceptors (Lipinski definition) is 3. The lowest BCUT2D eigenvalue weighted by atomic mass is 10.5. The number of ether oxygens (including phenoxy) is 1. The molecule has 0 rings (SSSR count). The van der Waals surface area contributed by atoms with Gasteiger partial charge in [-0.1, -0.05) is 6.92 Å². The van der Waals surface area contributed by atoms with Crippen LogP contribution in [-0.4, -0.2) is 12.0 Å². The molecule has 0 heterocycles. The third-order valence-electron chi connectivity index (χ3n) is 0.545. The predicted molar refractivity (Wildman–Crippen MR) is 28.7 cm³/mol.